The van der Waals surface area contributed by atoms with E-state index in [1.165, 1.54) is 11.0 Å². The van der Waals surface area contributed by atoms with Gasteiger partial charge in [0.05, 0.1) is 17.6 Å². The number of hydrogen-bond donors (Lipinski definition) is 1. The van der Waals surface area contributed by atoms with Crippen molar-refractivity contribution >= 4 is 17.5 Å². The second-order valence-electron chi connectivity index (χ2n) is 6.67. The molecule has 2 saturated heterocycles. The van der Waals surface area contributed by atoms with Crippen LogP contribution in [0.2, 0.25) is 0 Å². The number of amides is 2. The number of anilines is 1. The summed E-state index contributed by atoms with van der Waals surface area (Å²) in [5.74, 6) is -1.06. The Bertz CT molecular complexity index is 790. The summed E-state index contributed by atoms with van der Waals surface area (Å²) < 4.78 is 14.0. The van der Waals surface area contributed by atoms with Crippen molar-refractivity contribution in [3.63, 3.8) is 0 Å². The van der Waals surface area contributed by atoms with Crippen LogP contribution in [0.1, 0.15) is 31.0 Å². The topological polar surface area (TPSA) is 56.4 Å². The lowest BCUT2D eigenvalue weighted by Crippen LogP contribution is -2.37. The van der Waals surface area contributed by atoms with Crippen molar-refractivity contribution in [2.24, 2.45) is 5.92 Å². The fourth-order valence-corrected chi connectivity index (χ4v) is 3.92. The Balaban J connectivity index is 1.52. The monoisotopic (exact) mass is 341 g/mol. The van der Waals surface area contributed by atoms with Gasteiger partial charge in [-0.1, -0.05) is 12.1 Å². The summed E-state index contributed by atoms with van der Waals surface area (Å²) in [6.45, 7) is 0.944. The largest absolute Gasteiger partial charge is 0.363 e. The van der Waals surface area contributed by atoms with E-state index in [1.54, 1.807) is 18.2 Å². The zero-order valence-electron chi connectivity index (χ0n) is 13.8. The van der Waals surface area contributed by atoms with Crippen LogP contribution in [0, 0.1) is 11.7 Å². The molecule has 5 nitrogen and oxygen atoms in total. The molecule has 4 rings (SSSR count). The first-order valence-electron chi connectivity index (χ1n) is 8.64. The summed E-state index contributed by atoms with van der Waals surface area (Å²) in [6, 6.07) is 10.2. The number of H-pyrrole nitrogens is 1. The van der Waals surface area contributed by atoms with E-state index in [0.29, 0.717) is 6.54 Å². The number of hydrogen-bond acceptors (Lipinski definition) is 2. The zero-order chi connectivity index (χ0) is 17.4. The molecule has 3 heterocycles. The lowest BCUT2D eigenvalue weighted by molar-refractivity contribution is -0.136. The van der Waals surface area contributed by atoms with E-state index in [2.05, 4.69) is 4.98 Å². The highest BCUT2D eigenvalue weighted by Crippen LogP contribution is 2.35. The second-order valence-corrected chi connectivity index (χ2v) is 6.67. The number of carbonyl (C=O) groups excluding carboxylic acids is 2. The van der Waals surface area contributed by atoms with Gasteiger partial charge in [0, 0.05) is 31.4 Å². The number of likely N-dealkylation sites (tertiary alicyclic amines) is 1. The van der Waals surface area contributed by atoms with Crippen LogP contribution in [0.25, 0.3) is 0 Å². The molecule has 0 saturated carbocycles. The third kappa shape index (κ3) is 2.81. The molecule has 2 amide bonds. The molecule has 2 aliphatic heterocycles. The number of benzene rings is 1. The Morgan fingerprint density at radius 1 is 1.20 bits per heavy atom. The minimum absolute atomic E-state index is 0.00992. The van der Waals surface area contributed by atoms with Crippen molar-refractivity contribution < 1.29 is 14.0 Å². The van der Waals surface area contributed by atoms with Gasteiger partial charge in [0.15, 0.2) is 0 Å². The van der Waals surface area contributed by atoms with Crippen molar-refractivity contribution in [1.82, 2.24) is 9.88 Å². The third-order valence-corrected chi connectivity index (χ3v) is 5.13. The molecule has 2 fully saturated rings. The molecule has 1 aromatic carbocycles. The molecule has 130 valence electrons. The Labute approximate surface area is 145 Å². The summed E-state index contributed by atoms with van der Waals surface area (Å²) in [5.41, 5.74) is 1.28. The van der Waals surface area contributed by atoms with Crippen molar-refractivity contribution in [3.05, 3.63) is 54.1 Å². The van der Waals surface area contributed by atoms with Crippen molar-refractivity contribution in [3.8, 4) is 0 Å². The number of para-hydroxylation sites is 1. The highest BCUT2D eigenvalue weighted by molar-refractivity contribution is 6.00. The van der Waals surface area contributed by atoms with Crippen molar-refractivity contribution in [2.45, 2.75) is 25.3 Å². The molecule has 0 spiro atoms. The average Bonchev–Trinajstić information content (AvgIpc) is 3.35. The third-order valence-electron chi connectivity index (χ3n) is 5.13. The molecule has 25 heavy (non-hydrogen) atoms. The first-order valence-corrected chi connectivity index (χ1v) is 8.64. The number of nitrogens with zero attached hydrogens (tertiary/aromatic N) is 2. The summed E-state index contributed by atoms with van der Waals surface area (Å²) in [6.07, 6.45) is 3.87. The maximum atomic E-state index is 14.0. The highest BCUT2D eigenvalue weighted by Gasteiger charge is 2.41. The number of carbonyl (C=O) groups is 2. The maximum absolute atomic E-state index is 14.0. The van der Waals surface area contributed by atoms with Gasteiger partial charge in [-0.05, 0) is 37.1 Å². The van der Waals surface area contributed by atoms with Gasteiger partial charge in [-0.15, -0.1) is 0 Å². The molecule has 1 aromatic heterocycles. The maximum Gasteiger partial charge on any atom is 0.228 e. The Kier molecular flexibility index (Phi) is 4.03. The van der Waals surface area contributed by atoms with E-state index >= 15 is 0 Å². The molecule has 2 aromatic rings. The van der Waals surface area contributed by atoms with Crippen LogP contribution in [0.15, 0.2) is 42.6 Å². The number of rotatable bonds is 3. The quantitative estimate of drug-likeness (QED) is 0.933. The summed E-state index contributed by atoms with van der Waals surface area (Å²) in [5, 5.41) is 0. The first-order chi connectivity index (χ1) is 12.1. The predicted octanol–water partition coefficient (Wildman–Crippen LogP) is 2.87. The highest BCUT2D eigenvalue weighted by atomic mass is 19.1. The number of halogens is 1. The zero-order valence-corrected chi connectivity index (χ0v) is 13.8. The number of nitrogens with one attached hydrogen (secondary N) is 1. The van der Waals surface area contributed by atoms with E-state index in [4.69, 9.17) is 0 Å². The molecule has 1 N–H and O–H groups in total. The molecule has 2 atom stereocenters. The minimum Gasteiger partial charge on any atom is -0.363 e. The predicted molar refractivity (Wildman–Crippen MR) is 91.3 cm³/mol. The normalized spacial score (nSPS) is 23.5. The van der Waals surface area contributed by atoms with E-state index in [9.17, 15) is 14.0 Å². The summed E-state index contributed by atoms with van der Waals surface area (Å²) >= 11 is 0. The van der Waals surface area contributed by atoms with E-state index in [-0.39, 0.29) is 36.5 Å². The van der Waals surface area contributed by atoms with Crippen LogP contribution in [0.3, 0.4) is 0 Å². The number of aromatic amines is 1. The average molecular weight is 341 g/mol. The van der Waals surface area contributed by atoms with E-state index in [1.807, 2.05) is 23.2 Å². The Hall–Kier alpha value is -2.63. The standard InChI is InChI=1S/C19H20FN3O2/c20-14-5-1-2-7-16(14)23-12-13(11-18(23)24)19(25)22-10-4-8-17(22)15-6-3-9-21-15/h1-3,5-7,9,13,17,21H,4,8,10-12H2/t13-,17-/m0/s1. The van der Waals surface area contributed by atoms with Crippen LogP contribution in [0.5, 0.6) is 0 Å². The SMILES string of the molecule is O=C1C[C@H](C(=O)N2CCC[C@H]2c2ccc[nH]2)CN1c1ccccc1F. The van der Waals surface area contributed by atoms with Gasteiger partial charge in [-0.2, -0.15) is 0 Å². The van der Waals surface area contributed by atoms with Crippen molar-refractivity contribution in [2.75, 3.05) is 18.0 Å². The summed E-state index contributed by atoms with van der Waals surface area (Å²) in [7, 11) is 0. The van der Waals surface area contributed by atoms with Crippen LogP contribution in [0.4, 0.5) is 10.1 Å². The van der Waals surface area contributed by atoms with Crippen LogP contribution in [-0.4, -0.2) is 34.8 Å². The van der Waals surface area contributed by atoms with E-state index < -0.39 is 11.7 Å². The molecule has 0 unspecified atom stereocenters. The smallest absolute Gasteiger partial charge is 0.228 e. The molecular formula is C19H20FN3O2. The van der Waals surface area contributed by atoms with Gasteiger partial charge in [0.1, 0.15) is 5.82 Å². The van der Waals surface area contributed by atoms with Gasteiger partial charge >= 0.3 is 0 Å². The molecule has 0 bridgehead atoms. The Morgan fingerprint density at radius 2 is 2.04 bits per heavy atom. The van der Waals surface area contributed by atoms with Gasteiger partial charge in [0.2, 0.25) is 11.8 Å². The molecule has 0 aliphatic carbocycles. The fourth-order valence-electron chi connectivity index (χ4n) is 3.92. The lowest BCUT2D eigenvalue weighted by Gasteiger charge is -2.27. The van der Waals surface area contributed by atoms with Crippen LogP contribution >= 0.6 is 0 Å². The molecule has 6 heteroatoms. The van der Waals surface area contributed by atoms with Gasteiger partial charge in [-0.25, -0.2) is 4.39 Å². The lowest BCUT2D eigenvalue weighted by atomic mass is 10.1. The van der Waals surface area contributed by atoms with Gasteiger partial charge in [0.25, 0.3) is 0 Å². The van der Waals surface area contributed by atoms with E-state index in [0.717, 1.165) is 18.5 Å². The first kappa shape index (κ1) is 15.9. The molecule has 2 aliphatic rings. The molecule has 0 radical (unpaired) electrons. The molecular weight excluding hydrogens is 321 g/mol. The second kappa shape index (κ2) is 6.35. The Morgan fingerprint density at radius 3 is 2.80 bits per heavy atom. The van der Waals surface area contributed by atoms with Crippen LogP contribution in [-0.2, 0) is 9.59 Å². The van der Waals surface area contributed by atoms with Gasteiger partial charge < -0.3 is 14.8 Å². The number of aromatic nitrogens is 1. The van der Waals surface area contributed by atoms with Crippen molar-refractivity contribution in [1.29, 1.82) is 0 Å². The minimum atomic E-state index is -0.436. The van der Waals surface area contributed by atoms with Crippen LogP contribution < -0.4 is 4.90 Å². The fraction of sp³-hybridized carbons (Fsp3) is 0.368. The van der Waals surface area contributed by atoms with Gasteiger partial charge in [-0.3, -0.25) is 9.59 Å². The summed E-state index contributed by atoms with van der Waals surface area (Å²) in [4.78, 5) is 31.8.